The van der Waals surface area contributed by atoms with E-state index in [4.69, 9.17) is 0 Å². The second-order valence-electron chi connectivity index (χ2n) is 6.35. The van der Waals surface area contributed by atoms with Crippen LogP contribution >= 0.6 is 0 Å². The first kappa shape index (κ1) is 11.9. The van der Waals surface area contributed by atoms with Crippen molar-refractivity contribution in [1.29, 1.82) is 0 Å². The predicted molar refractivity (Wildman–Crippen MR) is 67.2 cm³/mol. The smallest absolute Gasteiger partial charge is 0.159 e. The third-order valence-electron chi connectivity index (χ3n) is 5.03. The molecule has 0 spiro atoms. The van der Waals surface area contributed by atoms with E-state index >= 15 is 0 Å². The summed E-state index contributed by atoms with van der Waals surface area (Å²) in [5, 5.41) is 0. The van der Waals surface area contributed by atoms with Gasteiger partial charge in [0.2, 0.25) is 0 Å². The van der Waals surface area contributed by atoms with E-state index in [0.717, 1.165) is 18.4 Å². The molecule has 0 unspecified atom stereocenters. The molecule has 0 radical (unpaired) electrons. The Morgan fingerprint density at radius 2 is 2.12 bits per heavy atom. The van der Waals surface area contributed by atoms with Crippen molar-refractivity contribution in [1.82, 2.24) is 0 Å². The van der Waals surface area contributed by atoms with Gasteiger partial charge in [-0.3, -0.25) is 4.79 Å². The van der Waals surface area contributed by atoms with Crippen molar-refractivity contribution in [2.45, 2.75) is 53.4 Å². The first-order valence-corrected chi connectivity index (χ1v) is 6.69. The van der Waals surface area contributed by atoms with Crippen LogP contribution in [0.2, 0.25) is 0 Å². The Balaban J connectivity index is 2.32. The molecule has 2 rings (SSSR count). The minimum Gasteiger partial charge on any atom is -0.295 e. The molecule has 2 aliphatic carbocycles. The van der Waals surface area contributed by atoms with Crippen molar-refractivity contribution in [3.8, 4) is 0 Å². The SMILES string of the molecule is CC(C)[C@@H]1CC(=O)C2=CCC[C@H](C)[C@@]2(C)C1. The molecule has 0 aliphatic heterocycles. The van der Waals surface area contributed by atoms with Crippen LogP contribution in [0.25, 0.3) is 0 Å². The van der Waals surface area contributed by atoms with Gasteiger partial charge in [-0.15, -0.1) is 0 Å². The van der Waals surface area contributed by atoms with Gasteiger partial charge in [-0.2, -0.15) is 0 Å². The Morgan fingerprint density at radius 3 is 2.75 bits per heavy atom. The Bertz CT molecular complexity index is 326. The third-order valence-corrected chi connectivity index (χ3v) is 5.03. The lowest BCUT2D eigenvalue weighted by molar-refractivity contribution is -0.121. The molecule has 3 atom stereocenters. The number of carbonyl (C=O) groups is 1. The maximum Gasteiger partial charge on any atom is 0.159 e. The number of fused-ring (bicyclic) bond motifs is 1. The molecule has 0 bridgehead atoms. The summed E-state index contributed by atoms with van der Waals surface area (Å²) in [6.45, 7) is 9.14. The molecule has 1 heteroatoms. The molecule has 0 aromatic heterocycles. The number of rotatable bonds is 1. The molecular formula is C15H24O. The Labute approximate surface area is 99.3 Å². The van der Waals surface area contributed by atoms with Crippen LogP contribution in [0.15, 0.2) is 11.6 Å². The lowest BCUT2D eigenvalue weighted by atomic mass is 9.57. The molecule has 90 valence electrons. The van der Waals surface area contributed by atoms with Crippen molar-refractivity contribution >= 4 is 5.78 Å². The Kier molecular flexibility index (Phi) is 2.98. The fourth-order valence-electron chi connectivity index (χ4n) is 3.47. The van der Waals surface area contributed by atoms with Gasteiger partial charge in [0.05, 0.1) is 0 Å². The molecule has 1 saturated carbocycles. The van der Waals surface area contributed by atoms with Crippen LogP contribution in [0.1, 0.15) is 53.4 Å². The number of allylic oxidation sites excluding steroid dienone is 2. The normalized spacial score (nSPS) is 39.6. The van der Waals surface area contributed by atoms with Gasteiger partial charge in [0.25, 0.3) is 0 Å². The van der Waals surface area contributed by atoms with Crippen LogP contribution in [0, 0.1) is 23.2 Å². The van der Waals surface area contributed by atoms with Crippen LogP contribution in [0.5, 0.6) is 0 Å². The van der Waals surface area contributed by atoms with E-state index in [2.05, 4.69) is 33.8 Å². The highest BCUT2D eigenvalue weighted by molar-refractivity contribution is 5.97. The fraction of sp³-hybridized carbons (Fsp3) is 0.800. The van der Waals surface area contributed by atoms with E-state index in [1.165, 1.54) is 12.8 Å². The van der Waals surface area contributed by atoms with E-state index in [-0.39, 0.29) is 5.41 Å². The molecule has 1 fully saturated rings. The number of hydrogen-bond donors (Lipinski definition) is 0. The predicted octanol–water partition coefficient (Wildman–Crippen LogP) is 3.98. The van der Waals surface area contributed by atoms with Crippen LogP contribution in [0.3, 0.4) is 0 Å². The van der Waals surface area contributed by atoms with Gasteiger partial charge in [-0.25, -0.2) is 0 Å². The molecule has 0 amide bonds. The number of ketones is 1. The number of carbonyl (C=O) groups excluding carboxylic acids is 1. The van der Waals surface area contributed by atoms with Crippen LogP contribution in [-0.2, 0) is 4.79 Å². The minimum atomic E-state index is 0.169. The van der Waals surface area contributed by atoms with Crippen molar-refractivity contribution in [3.05, 3.63) is 11.6 Å². The van der Waals surface area contributed by atoms with Gasteiger partial charge < -0.3 is 0 Å². The summed E-state index contributed by atoms with van der Waals surface area (Å²) in [5.41, 5.74) is 1.32. The lowest BCUT2D eigenvalue weighted by Gasteiger charge is -2.47. The average molecular weight is 220 g/mol. The largest absolute Gasteiger partial charge is 0.295 e. The molecule has 1 nitrogen and oxygen atoms in total. The maximum atomic E-state index is 12.2. The fourth-order valence-corrected chi connectivity index (χ4v) is 3.47. The van der Waals surface area contributed by atoms with Gasteiger partial charge in [0, 0.05) is 6.42 Å². The standard InChI is InChI=1S/C15H24O/c1-10(2)12-8-14(16)13-7-5-6-11(3)15(13,4)9-12/h7,10-12H,5-6,8-9H2,1-4H3/t11-,12+,15+/m0/s1. The van der Waals surface area contributed by atoms with Gasteiger partial charge in [-0.1, -0.05) is 33.8 Å². The monoisotopic (exact) mass is 220 g/mol. The summed E-state index contributed by atoms with van der Waals surface area (Å²) in [4.78, 5) is 12.2. The van der Waals surface area contributed by atoms with Crippen molar-refractivity contribution in [3.63, 3.8) is 0 Å². The first-order chi connectivity index (χ1) is 7.45. The van der Waals surface area contributed by atoms with E-state index < -0.39 is 0 Å². The highest BCUT2D eigenvalue weighted by Crippen LogP contribution is 2.51. The molecule has 0 aromatic rings. The summed E-state index contributed by atoms with van der Waals surface area (Å²) >= 11 is 0. The minimum absolute atomic E-state index is 0.169. The van der Waals surface area contributed by atoms with Gasteiger partial charge in [0.15, 0.2) is 5.78 Å². The highest BCUT2D eigenvalue weighted by atomic mass is 16.1. The lowest BCUT2D eigenvalue weighted by Crippen LogP contribution is -2.41. The molecule has 0 saturated heterocycles. The summed E-state index contributed by atoms with van der Waals surface area (Å²) < 4.78 is 0. The van der Waals surface area contributed by atoms with Crippen molar-refractivity contribution < 1.29 is 4.79 Å². The van der Waals surface area contributed by atoms with E-state index in [1.54, 1.807) is 0 Å². The number of hydrogen-bond acceptors (Lipinski definition) is 1. The van der Waals surface area contributed by atoms with Gasteiger partial charge >= 0.3 is 0 Å². The molecule has 2 aliphatic rings. The summed E-state index contributed by atoms with van der Waals surface area (Å²) in [6, 6.07) is 0. The zero-order valence-corrected chi connectivity index (χ0v) is 11.0. The molecular weight excluding hydrogens is 196 g/mol. The molecule has 0 N–H and O–H groups in total. The van der Waals surface area contributed by atoms with Crippen LogP contribution in [0.4, 0.5) is 0 Å². The van der Waals surface area contributed by atoms with Gasteiger partial charge in [0.1, 0.15) is 0 Å². The van der Waals surface area contributed by atoms with Crippen LogP contribution in [-0.4, -0.2) is 5.78 Å². The maximum absolute atomic E-state index is 12.2. The summed E-state index contributed by atoms with van der Waals surface area (Å²) in [7, 11) is 0. The quantitative estimate of drug-likeness (QED) is 0.653. The highest BCUT2D eigenvalue weighted by Gasteiger charge is 2.45. The first-order valence-electron chi connectivity index (χ1n) is 6.69. The van der Waals surface area contributed by atoms with E-state index in [0.29, 0.717) is 23.5 Å². The molecule has 0 aromatic carbocycles. The zero-order valence-electron chi connectivity index (χ0n) is 11.0. The van der Waals surface area contributed by atoms with Crippen molar-refractivity contribution in [2.24, 2.45) is 23.2 Å². The van der Waals surface area contributed by atoms with Gasteiger partial charge in [-0.05, 0) is 48.0 Å². The molecule has 0 heterocycles. The summed E-state index contributed by atoms with van der Waals surface area (Å²) in [6.07, 6.45) is 6.57. The Hall–Kier alpha value is -0.590. The Morgan fingerprint density at radius 1 is 1.44 bits per heavy atom. The van der Waals surface area contributed by atoms with Crippen LogP contribution < -0.4 is 0 Å². The van der Waals surface area contributed by atoms with E-state index in [1.807, 2.05) is 0 Å². The second-order valence-corrected chi connectivity index (χ2v) is 6.35. The topological polar surface area (TPSA) is 17.1 Å². The number of Topliss-reactive ketones (excluding diaryl/α,β-unsaturated/α-hetero) is 1. The molecule has 16 heavy (non-hydrogen) atoms. The third kappa shape index (κ3) is 1.74. The average Bonchev–Trinajstić information content (AvgIpc) is 2.20. The zero-order chi connectivity index (χ0) is 11.9. The summed E-state index contributed by atoms with van der Waals surface area (Å²) in [5.74, 6) is 2.32. The van der Waals surface area contributed by atoms with Crippen molar-refractivity contribution in [2.75, 3.05) is 0 Å². The second kappa shape index (κ2) is 4.01. The van der Waals surface area contributed by atoms with E-state index in [9.17, 15) is 4.79 Å².